The molecule has 4 aliphatic carbocycles. The minimum atomic E-state index is -0.195. The van der Waals surface area contributed by atoms with Gasteiger partial charge >= 0.3 is 0 Å². The molecule has 25 rings (SSSR count). The summed E-state index contributed by atoms with van der Waals surface area (Å²) in [5.41, 5.74) is 30.7. The largest absolute Gasteiger partial charge is 0.454 e. The van der Waals surface area contributed by atoms with Gasteiger partial charge in [-0.1, -0.05) is 269 Å². The number of anilines is 4. The van der Waals surface area contributed by atoms with Crippen LogP contribution in [0.3, 0.4) is 0 Å². The molecular formula is C109H73N4O2+. The maximum Gasteiger partial charge on any atom is 0.255 e. The van der Waals surface area contributed by atoms with Gasteiger partial charge in [-0.15, -0.1) is 0 Å². The van der Waals surface area contributed by atoms with Gasteiger partial charge in [0.25, 0.3) is 5.69 Å². The summed E-state index contributed by atoms with van der Waals surface area (Å²) in [6, 6.07) is 109. The highest BCUT2D eigenvalue weighted by molar-refractivity contribution is 6.39. The molecule has 6 nitrogen and oxygen atoms in total. The van der Waals surface area contributed by atoms with E-state index in [-0.39, 0.29) is 35.3 Å². The normalized spacial score (nSPS) is 18.7. The molecule has 0 saturated carbocycles. The van der Waals surface area contributed by atoms with Crippen molar-refractivity contribution in [1.29, 1.82) is 0 Å². The Balaban J connectivity index is 0.780. The third-order valence-corrected chi connectivity index (χ3v) is 26.4. The van der Waals surface area contributed by atoms with E-state index in [2.05, 4.69) is 392 Å². The first-order valence-electron chi connectivity index (χ1n) is 40.5. The molecule has 6 heterocycles. The third-order valence-electron chi connectivity index (χ3n) is 26.4. The van der Waals surface area contributed by atoms with Crippen LogP contribution in [0.15, 0.2) is 379 Å². The third kappa shape index (κ3) is 9.39. The lowest BCUT2D eigenvalue weighted by molar-refractivity contribution is 0.478. The van der Waals surface area contributed by atoms with Gasteiger partial charge in [-0.05, 0) is 196 Å². The summed E-state index contributed by atoms with van der Waals surface area (Å²) in [5.74, 6) is 0.341. The molecule has 0 amide bonds. The van der Waals surface area contributed by atoms with E-state index in [1.807, 2.05) is 0 Å². The number of aromatic nitrogens is 1. The van der Waals surface area contributed by atoms with E-state index in [1.54, 1.807) is 0 Å². The summed E-state index contributed by atoms with van der Waals surface area (Å²) in [5, 5.41) is 13.4. The van der Waals surface area contributed by atoms with Crippen LogP contribution in [0.2, 0.25) is 0 Å². The number of allylic oxidation sites excluding steroid dienone is 8. The van der Waals surface area contributed by atoms with Crippen LogP contribution >= 0.6 is 0 Å². The molecule has 0 saturated heterocycles. The highest BCUT2D eigenvalue weighted by Gasteiger charge is 2.44. The number of rotatable bonds is 8. The van der Waals surface area contributed by atoms with Crippen molar-refractivity contribution in [3.63, 3.8) is 0 Å². The zero-order valence-corrected chi connectivity index (χ0v) is 63.3. The monoisotopic (exact) mass is 1470 g/mol. The molecule has 15 aromatic carbocycles. The molecule has 0 spiro atoms. The second-order valence-corrected chi connectivity index (χ2v) is 32.8. The number of nitrogens with zero attached hydrogens (tertiary/aromatic N) is 4. The van der Waals surface area contributed by atoms with Crippen LogP contribution in [-0.4, -0.2) is 22.8 Å². The van der Waals surface area contributed by atoms with Gasteiger partial charge in [0.05, 0.1) is 35.1 Å². The average molecular weight is 1470 g/mol. The summed E-state index contributed by atoms with van der Waals surface area (Å²) in [4.78, 5) is 10.9. The van der Waals surface area contributed by atoms with Crippen LogP contribution in [-0.2, 0) is 11.8 Å². The summed E-state index contributed by atoms with van der Waals surface area (Å²) >= 11 is 0. The lowest BCUT2D eigenvalue weighted by Gasteiger charge is -2.46. The molecule has 6 heteroatoms. The predicted molar refractivity (Wildman–Crippen MR) is 478 cm³/mol. The second-order valence-electron chi connectivity index (χ2n) is 32.8. The first-order valence-corrected chi connectivity index (χ1v) is 40.5. The fourth-order valence-corrected chi connectivity index (χ4v) is 21.3. The van der Waals surface area contributed by atoms with Crippen LogP contribution < -0.4 is 14.4 Å². The maximum absolute atomic E-state index is 8.17. The van der Waals surface area contributed by atoms with E-state index in [0.29, 0.717) is 0 Å². The summed E-state index contributed by atoms with van der Waals surface area (Å²) in [7, 11) is 0. The van der Waals surface area contributed by atoms with E-state index >= 15 is 0 Å². The van der Waals surface area contributed by atoms with E-state index < -0.39 is 0 Å². The molecule has 3 aliphatic heterocycles. The molecule has 0 N–H and O–H groups in total. The Morgan fingerprint density at radius 2 is 1.07 bits per heavy atom. The van der Waals surface area contributed by atoms with Gasteiger partial charge in [-0.25, -0.2) is 4.98 Å². The van der Waals surface area contributed by atoms with Crippen LogP contribution in [0.1, 0.15) is 58.7 Å². The molecule has 540 valence electrons. The van der Waals surface area contributed by atoms with Crippen LogP contribution in [0.4, 0.5) is 34.1 Å². The quantitative estimate of drug-likeness (QED) is 0.112. The molecule has 5 unspecified atom stereocenters. The molecule has 115 heavy (non-hydrogen) atoms. The number of fused-ring (bicyclic) bond motifs is 13. The van der Waals surface area contributed by atoms with Crippen LogP contribution in [0.5, 0.6) is 0 Å². The fourth-order valence-electron chi connectivity index (χ4n) is 21.3. The Morgan fingerprint density at radius 1 is 0.400 bits per heavy atom. The van der Waals surface area contributed by atoms with Gasteiger partial charge in [0.15, 0.2) is 11.3 Å². The van der Waals surface area contributed by atoms with Gasteiger partial charge in [-0.2, -0.15) is 4.58 Å². The van der Waals surface area contributed by atoms with Crippen LogP contribution in [0, 0.1) is 11.8 Å². The van der Waals surface area contributed by atoms with Gasteiger partial charge in [0.1, 0.15) is 11.2 Å². The molecule has 5 atom stereocenters. The molecule has 0 radical (unpaired) electrons. The van der Waals surface area contributed by atoms with Crippen molar-refractivity contribution in [3.05, 3.63) is 409 Å². The van der Waals surface area contributed by atoms with Crippen molar-refractivity contribution in [2.75, 3.05) is 9.80 Å². The Kier molecular flexibility index (Phi) is 13.7. The number of hydrogen-bond donors (Lipinski definition) is 0. The average Bonchev–Trinajstić information content (AvgIpc) is 1.54. The molecule has 0 bridgehead atoms. The zero-order chi connectivity index (χ0) is 75.5. The number of furan rings is 2. The Morgan fingerprint density at radius 3 is 1.96 bits per heavy atom. The minimum absolute atomic E-state index is 0.0497. The van der Waals surface area contributed by atoms with Gasteiger partial charge in [-0.3, -0.25) is 0 Å². The van der Waals surface area contributed by atoms with Crippen molar-refractivity contribution in [3.8, 4) is 44.8 Å². The molecule has 3 aromatic heterocycles. The minimum Gasteiger partial charge on any atom is -0.454 e. The molecule has 7 aliphatic rings. The topological polar surface area (TPSA) is 48.7 Å². The fraction of sp³-hybridized carbons (Fsp3) is 0.0826. The highest BCUT2D eigenvalue weighted by Crippen LogP contribution is 2.58. The molecular weight excluding hydrogens is 1400 g/mol. The standard InChI is InChI=1S/C109H73N4O2/c1-109(2)87-36-17-12-31-76(87)77-48-46-70(61-88(77)109)89-37-23-38-90(110-89)81-50-49-80-86-62-75(111-93-40-19-13-32-82(93)101(83-33-14-20-41-94(83)111)72-45-44-69-56-66-28-9-10-29-67(66)57-73(69)60-72)63-99-102(86)103-78(51-54-97(107(103)114-99)113-95-42-21-15-34-84(95)100(65-26-7-4-8-27-65)85-35-16-22-43-96(85)113)79-52-55-98(108-105(79)104(80)106(81)115-108)112-91-39-18-11-30-71(91)59-74-58-68(47-53-92(74)112)64-24-5-3-6-25-64/h3-58,60-63,71,84,93,95,100H,59H2,1-2H3/q+1. The lowest BCUT2D eigenvalue weighted by atomic mass is 9.71. The van der Waals surface area contributed by atoms with Gasteiger partial charge in [0, 0.05) is 102 Å². The smallest absolute Gasteiger partial charge is 0.255 e. The number of para-hydroxylation sites is 2. The number of hydrogen-bond acceptors (Lipinski definition) is 5. The SMILES string of the molecule is CC1(C)c2ccccc2-c2ccc(-c3cccc(-c4ccc5c6cc(N7c8ccccc8C(c8ccc9cc%10ccccc%10cc9c8)=C8C=CC=CC87)cc7oc8c(N9c%10ccccc%10C(c%10ccccc%10)C%10C=CC=CC%109)ccc(c9ccc([N+]%10=C%11C=CC=CC%11Cc%11cc(-c%12ccccc%12)ccc%11%10)c%10oc4c5c%109)c8c76)n3)cc21. The van der Waals surface area contributed by atoms with E-state index in [1.165, 1.54) is 105 Å². The Labute approximate surface area is 665 Å². The van der Waals surface area contributed by atoms with Gasteiger partial charge < -0.3 is 18.6 Å². The van der Waals surface area contributed by atoms with Crippen molar-refractivity contribution in [1.82, 2.24) is 9.56 Å². The molecule has 0 fully saturated rings. The van der Waals surface area contributed by atoms with Crippen molar-refractivity contribution in [2.24, 2.45) is 11.8 Å². The summed E-state index contributed by atoms with van der Waals surface area (Å²) in [6.07, 6.45) is 28.5. The number of pyridine rings is 1. The first kappa shape index (κ1) is 64.5. The van der Waals surface area contributed by atoms with E-state index in [9.17, 15) is 0 Å². The van der Waals surface area contributed by atoms with Crippen molar-refractivity contribution in [2.45, 2.75) is 43.7 Å². The van der Waals surface area contributed by atoms with E-state index in [4.69, 9.17) is 13.8 Å². The van der Waals surface area contributed by atoms with Crippen molar-refractivity contribution >= 4 is 132 Å². The Hall–Kier alpha value is -14.2. The number of benzene rings is 14. The van der Waals surface area contributed by atoms with Crippen molar-refractivity contribution < 1.29 is 8.83 Å². The van der Waals surface area contributed by atoms with Gasteiger partial charge in [0.2, 0.25) is 11.3 Å². The Bertz CT molecular complexity index is 7580. The lowest BCUT2D eigenvalue weighted by Crippen LogP contribution is -2.43. The first-order chi connectivity index (χ1) is 56.8. The predicted octanol–water partition coefficient (Wildman–Crippen LogP) is 27.7. The molecule has 18 aromatic rings. The summed E-state index contributed by atoms with van der Waals surface area (Å²) < 4.78 is 18.8. The zero-order valence-electron chi connectivity index (χ0n) is 63.3. The van der Waals surface area contributed by atoms with E-state index in [0.717, 1.165) is 123 Å². The highest BCUT2D eigenvalue weighted by atomic mass is 16.3. The van der Waals surface area contributed by atoms with Crippen LogP contribution in [0.25, 0.3) is 137 Å². The maximum atomic E-state index is 8.17. The summed E-state index contributed by atoms with van der Waals surface area (Å²) in [6.45, 7) is 4.71. The second kappa shape index (κ2) is 24.4.